The lowest BCUT2D eigenvalue weighted by Crippen LogP contribution is -2.38. The van der Waals surface area contributed by atoms with Gasteiger partial charge in [-0.15, -0.1) is 0 Å². The molecule has 0 spiro atoms. The number of benzene rings is 2. The summed E-state index contributed by atoms with van der Waals surface area (Å²) in [5.41, 5.74) is 1.83. The zero-order valence-corrected chi connectivity index (χ0v) is 18.4. The van der Waals surface area contributed by atoms with Gasteiger partial charge < -0.3 is 14.5 Å². The van der Waals surface area contributed by atoms with Crippen LogP contribution in [0, 0.1) is 6.92 Å². The molecule has 4 rings (SSSR count). The fourth-order valence-corrected chi connectivity index (χ4v) is 5.35. The molecule has 1 aromatic heterocycles. The van der Waals surface area contributed by atoms with Gasteiger partial charge in [-0.2, -0.15) is 4.31 Å². The van der Waals surface area contributed by atoms with Gasteiger partial charge >= 0.3 is 0 Å². The summed E-state index contributed by atoms with van der Waals surface area (Å²) in [6.45, 7) is 2.71. The minimum absolute atomic E-state index is 0.0343. The molecule has 0 bridgehead atoms. The Hall–Kier alpha value is -2.68. The van der Waals surface area contributed by atoms with Crippen molar-refractivity contribution in [1.82, 2.24) is 9.29 Å². The van der Waals surface area contributed by atoms with Crippen LogP contribution in [0.5, 0.6) is 5.75 Å². The maximum absolute atomic E-state index is 13.5. The summed E-state index contributed by atoms with van der Waals surface area (Å²) in [4.78, 5) is 15.8. The zero-order valence-electron chi connectivity index (χ0n) is 17.6. The SMILES string of the molecule is COc1ccc(S(=O)(=O)N(Cc2cc3cccc(C)c3[nH]c2=O)C[C@@H]2CCCO2)cc1. The van der Waals surface area contributed by atoms with Crippen LogP contribution in [0.2, 0.25) is 0 Å². The molecule has 0 radical (unpaired) electrons. The van der Waals surface area contributed by atoms with Crippen molar-refractivity contribution in [3.8, 4) is 5.75 Å². The molecule has 1 N–H and O–H groups in total. The van der Waals surface area contributed by atoms with Gasteiger partial charge in [-0.1, -0.05) is 18.2 Å². The minimum Gasteiger partial charge on any atom is -0.497 e. The van der Waals surface area contributed by atoms with Crippen LogP contribution in [0.1, 0.15) is 24.0 Å². The van der Waals surface area contributed by atoms with Gasteiger partial charge in [-0.3, -0.25) is 4.79 Å². The van der Waals surface area contributed by atoms with Gasteiger partial charge in [0.25, 0.3) is 5.56 Å². The maximum Gasteiger partial charge on any atom is 0.252 e. The van der Waals surface area contributed by atoms with Crippen molar-refractivity contribution in [2.75, 3.05) is 20.3 Å². The highest BCUT2D eigenvalue weighted by Crippen LogP contribution is 2.24. The van der Waals surface area contributed by atoms with E-state index in [2.05, 4.69) is 4.98 Å². The van der Waals surface area contributed by atoms with Crippen LogP contribution in [0.4, 0.5) is 0 Å². The summed E-state index contributed by atoms with van der Waals surface area (Å²) in [5.74, 6) is 0.575. The summed E-state index contributed by atoms with van der Waals surface area (Å²) in [6.07, 6.45) is 1.51. The fourth-order valence-electron chi connectivity index (χ4n) is 3.90. The van der Waals surface area contributed by atoms with E-state index in [0.717, 1.165) is 29.3 Å². The van der Waals surface area contributed by atoms with Gasteiger partial charge in [0, 0.05) is 25.3 Å². The predicted molar refractivity (Wildman–Crippen MR) is 119 cm³/mol. The first-order valence-corrected chi connectivity index (χ1v) is 11.7. The van der Waals surface area contributed by atoms with E-state index in [1.807, 2.05) is 25.1 Å². The molecule has 1 aliphatic rings. The van der Waals surface area contributed by atoms with Crippen LogP contribution in [-0.2, 0) is 21.3 Å². The van der Waals surface area contributed by atoms with Crippen molar-refractivity contribution in [2.45, 2.75) is 37.3 Å². The second-order valence-corrected chi connectivity index (χ2v) is 9.71. The van der Waals surface area contributed by atoms with E-state index >= 15 is 0 Å². The Kier molecular flexibility index (Phi) is 6.13. The molecular formula is C23H26N2O5S. The van der Waals surface area contributed by atoms with E-state index in [1.54, 1.807) is 18.2 Å². The Labute approximate surface area is 181 Å². The summed E-state index contributed by atoms with van der Waals surface area (Å²) >= 11 is 0. The molecule has 8 heteroatoms. The molecule has 2 aromatic carbocycles. The summed E-state index contributed by atoms with van der Waals surface area (Å²) < 4.78 is 39.1. The van der Waals surface area contributed by atoms with Gasteiger partial charge in [0.15, 0.2) is 0 Å². The monoisotopic (exact) mass is 442 g/mol. The Morgan fingerprint density at radius 1 is 1.19 bits per heavy atom. The zero-order chi connectivity index (χ0) is 22.0. The van der Waals surface area contributed by atoms with Crippen LogP contribution < -0.4 is 10.3 Å². The summed E-state index contributed by atoms with van der Waals surface area (Å²) in [6, 6.07) is 13.8. The summed E-state index contributed by atoms with van der Waals surface area (Å²) in [7, 11) is -2.32. The standard InChI is InChI=1S/C23H26N2O5S/c1-16-5-3-6-17-13-18(23(26)24-22(16)17)14-25(15-20-7-4-12-30-20)31(27,28)21-10-8-19(29-2)9-11-21/h3,5-6,8-11,13,20H,4,7,12,14-15H2,1-2H3,(H,24,26)/t20-/m0/s1. The number of ether oxygens (including phenoxy) is 2. The highest BCUT2D eigenvalue weighted by atomic mass is 32.2. The van der Waals surface area contributed by atoms with E-state index < -0.39 is 10.0 Å². The molecule has 3 aromatic rings. The van der Waals surface area contributed by atoms with Crippen LogP contribution in [0.25, 0.3) is 10.9 Å². The molecule has 2 heterocycles. The van der Waals surface area contributed by atoms with E-state index in [0.29, 0.717) is 17.9 Å². The van der Waals surface area contributed by atoms with E-state index in [1.165, 1.54) is 23.5 Å². The van der Waals surface area contributed by atoms with Crippen LogP contribution >= 0.6 is 0 Å². The maximum atomic E-state index is 13.5. The molecule has 164 valence electrons. The number of hydrogen-bond donors (Lipinski definition) is 1. The van der Waals surface area contributed by atoms with Crippen molar-refractivity contribution < 1.29 is 17.9 Å². The quantitative estimate of drug-likeness (QED) is 0.607. The van der Waals surface area contributed by atoms with Gasteiger partial charge in [-0.05, 0) is 61.0 Å². The largest absolute Gasteiger partial charge is 0.497 e. The lowest BCUT2D eigenvalue weighted by Gasteiger charge is -2.25. The average Bonchev–Trinajstić information content (AvgIpc) is 3.28. The number of sulfonamides is 1. The number of para-hydroxylation sites is 1. The second-order valence-electron chi connectivity index (χ2n) is 7.77. The molecule has 1 aliphatic heterocycles. The normalized spacial score (nSPS) is 16.8. The molecule has 1 atom stereocenters. The Morgan fingerprint density at radius 2 is 1.97 bits per heavy atom. The van der Waals surface area contributed by atoms with E-state index in [4.69, 9.17) is 9.47 Å². The number of pyridine rings is 1. The fraction of sp³-hybridized carbons (Fsp3) is 0.348. The van der Waals surface area contributed by atoms with Crippen LogP contribution in [0.3, 0.4) is 0 Å². The van der Waals surface area contributed by atoms with Crippen molar-refractivity contribution in [1.29, 1.82) is 0 Å². The second kappa shape index (κ2) is 8.82. The number of aromatic amines is 1. The number of rotatable bonds is 7. The number of nitrogens with zero attached hydrogens (tertiary/aromatic N) is 1. The molecular weight excluding hydrogens is 416 g/mol. The van der Waals surface area contributed by atoms with Crippen molar-refractivity contribution in [2.24, 2.45) is 0 Å². The highest BCUT2D eigenvalue weighted by Gasteiger charge is 2.30. The molecule has 1 saturated heterocycles. The number of H-pyrrole nitrogens is 1. The number of fused-ring (bicyclic) bond motifs is 1. The third-order valence-corrected chi connectivity index (χ3v) is 7.47. The molecule has 0 amide bonds. The van der Waals surface area contributed by atoms with Crippen molar-refractivity contribution in [3.05, 3.63) is 70.0 Å². The first-order valence-electron chi connectivity index (χ1n) is 10.3. The Bertz CT molecular complexity index is 1230. The number of aryl methyl sites for hydroxylation is 1. The Morgan fingerprint density at radius 3 is 2.65 bits per heavy atom. The average molecular weight is 443 g/mol. The first kappa shape index (κ1) is 21.5. The summed E-state index contributed by atoms with van der Waals surface area (Å²) in [5, 5.41) is 0.869. The van der Waals surface area contributed by atoms with Gasteiger partial charge in [0.1, 0.15) is 5.75 Å². The molecule has 0 aliphatic carbocycles. The third-order valence-electron chi connectivity index (χ3n) is 5.64. The minimum atomic E-state index is -3.84. The van der Waals surface area contributed by atoms with E-state index in [9.17, 15) is 13.2 Å². The van der Waals surface area contributed by atoms with Gasteiger partial charge in [-0.25, -0.2) is 8.42 Å². The van der Waals surface area contributed by atoms with Crippen molar-refractivity contribution >= 4 is 20.9 Å². The predicted octanol–water partition coefficient (Wildman–Crippen LogP) is 3.22. The Balaban J connectivity index is 1.72. The molecule has 31 heavy (non-hydrogen) atoms. The van der Waals surface area contributed by atoms with E-state index in [-0.39, 0.29) is 29.6 Å². The lowest BCUT2D eigenvalue weighted by molar-refractivity contribution is 0.0925. The van der Waals surface area contributed by atoms with Crippen LogP contribution in [-0.4, -0.2) is 44.1 Å². The van der Waals surface area contributed by atoms with Crippen molar-refractivity contribution in [3.63, 3.8) is 0 Å². The number of nitrogens with one attached hydrogen (secondary N) is 1. The number of aromatic nitrogens is 1. The molecule has 0 saturated carbocycles. The molecule has 1 fully saturated rings. The molecule has 0 unspecified atom stereocenters. The lowest BCUT2D eigenvalue weighted by atomic mass is 10.1. The number of hydrogen-bond acceptors (Lipinski definition) is 5. The third kappa shape index (κ3) is 4.51. The topological polar surface area (TPSA) is 88.7 Å². The van der Waals surface area contributed by atoms with Crippen LogP contribution in [0.15, 0.2) is 58.2 Å². The molecule has 7 nitrogen and oxygen atoms in total. The smallest absolute Gasteiger partial charge is 0.252 e. The van der Waals surface area contributed by atoms with Gasteiger partial charge in [0.2, 0.25) is 10.0 Å². The number of methoxy groups -OCH3 is 1. The first-order chi connectivity index (χ1) is 14.9. The highest BCUT2D eigenvalue weighted by molar-refractivity contribution is 7.89. The van der Waals surface area contributed by atoms with Gasteiger partial charge in [0.05, 0.1) is 23.6 Å².